The van der Waals surface area contributed by atoms with Crippen LogP contribution in [0.2, 0.25) is 0 Å². The quantitative estimate of drug-likeness (QED) is 0.783. The van der Waals surface area contributed by atoms with E-state index >= 15 is 0 Å². The highest BCUT2D eigenvalue weighted by atomic mass is 16.5. The smallest absolute Gasteiger partial charge is 0.192 e. The second-order valence-corrected chi connectivity index (χ2v) is 5.72. The lowest BCUT2D eigenvalue weighted by Gasteiger charge is -2.44. The standard InChI is InChI=1S/C13H24N4O/c1-18-9-8-17-12(14)15-10-13(17)5-7-16-6-3-2-4-11(13)16/h11H,2-10H2,1H3,(H2,14,15). The summed E-state index contributed by atoms with van der Waals surface area (Å²) in [5, 5.41) is 0. The van der Waals surface area contributed by atoms with Crippen molar-refractivity contribution >= 4 is 5.96 Å². The highest BCUT2D eigenvalue weighted by Crippen LogP contribution is 2.41. The zero-order valence-corrected chi connectivity index (χ0v) is 11.3. The van der Waals surface area contributed by atoms with E-state index in [1.165, 1.54) is 38.8 Å². The van der Waals surface area contributed by atoms with Crippen LogP contribution in [0, 0.1) is 0 Å². The maximum Gasteiger partial charge on any atom is 0.192 e. The van der Waals surface area contributed by atoms with Crippen LogP contribution in [0.3, 0.4) is 0 Å². The van der Waals surface area contributed by atoms with Crippen LogP contribution in [0.25, 0.3) is 0 Å². The van der Waals surface area contributed by atoms with Crippen molar-refractivity contribution in [2.75, 3.05) is 39.9 Å². The van der Waals surface area contributed by atoms with Gasteiger partial charge in [-0.25, -0.2) is 0 Å². The summed E-state index contributed by atoms with van der Waals surface area (Å²) in [5.74, 6) is 0.722. The lowest BCUT2D eigenvalue weighted by Crippen LogP contribution is -2.60. The Morgan fingerprint density at radius 2 is 2.33 bits per heavy atom. The van der Waals surface area contributed by atoms with E-state index in [9.17, 15) is 0 Å². The number of rotatable bonds is 3. The molecule has 18 heavy (non-hydrogen) atoms. The van der Waals surface area contributed by atoms with Gasteiger partial charge in [0.1, 0.15) is 0 Å². The topological polar surface area (TPSA) is 54.1 Å². The summed E-state index contributed by atoms with van der Waals surface area (Å²) < 4.78 is 5.23. The molecule has 2 saturated heterocycles. The van der Waals surface area contributed by atoms with Crippen molar-refractivity contribution < 1.29 is 4.74 Å². The first-order valence-electron chi connectivity index (χ1n) is 7.08. The molecule has 0 radical (unpaired) electrons. The first-order chi connectivity index (χ1) is 8.78. The van der Waals surface area contributed by atoms with Crippen LogP contribution >= 0.6 is 0 Å². The maximum absolute atomic E-state index is 6.10. The molecule has 0 aromatic heterocycles. The minimum atomic E-state index is 0.170. The van der Waals surface area contributed by atoms with E-state index in [0.717, 1.165) is 25.7 Å². The number of hydrogen-bond acceptors (Lipinski definition) is 5. The number of methoxy groups -OCH3 is 1. The molecule has 1 spiro atoms. The van der Waals surface area contributed by atoms with Gasteiger partial charge in [0.2, 0.25) is 0 Å². The molecule has 2 N–H and O–H groups in total. The van der Waals surface area contributed by atoms with Gasteiger partial charge in [0.25, 0.3) is 0 Å². The van der Waals surface area contributed by atoms with Crippen molar-refractivity contribution in [1.29, 1.82) is 0 Å². The van der Waals surface area contributed by atoms with Crippen LogP contribution in [0.5, 0.6) is 0 Å². The number of aliphatic imine (C=N–C) groups is 1. The molecule has 3 heterocycles. The van der Waals surface area contributed by atoms with Gasteiger partial charge in [0.15, 0.2) is 5.96 Å². The average Bonchev–Trinajstić information content (AvgIpc) is 2.92. The number of hydrogen-bond donors (Lipinski definition) is 1. The molecule has 3 rings (SSSR count). The van der Waals surface area contributed by atoms with E-state index in [1.54, 1.807) is 7.11 Å². The molecule has 102 valence electrons. The fraction of sp³-hybridized carbons (Fsp3) is 0.923. The third-order valence-electron chi connectivity index (χ3n) is 4.91. The summed E-state index contributed by atoms with van der Waals surface area (Å²) >= 11 is 0. The minimum Gasteiger partial charge on any atom is -0.383 e. The molecule has 2 fully saturated rings. The summed E-state index contributed by atoms with van der Waals surface area (Å²) in [6.45, 7) is 4.94. The fourth-order valence-electron chi connectivity index (χ4n) is 4.01. The third kappa shape index (κ3) is 1.72. The highest BCUT2D eigenvalue weighted by molar-refractivity contribution is 5.81. The Bertz CT molecular complexity index is 346. The second-order valence-electron chi connectivity index (χ2n) is 5.72. The molecule has 2 atom stereocenters. The van der Waals surface area contributed by atoms with Gasteiger partial charge in [0.05, 0.1) is 18.7 Å². The number of fused-ring (bicyclic) bond motifs is 2. The summed E-state index contributed by atoms with van der Waals surface area (Å²) in [6, 6.07) is 0.646. The van der Waals surface area contributed by atoms with Gasteiger partial charge in [-0.15, -0.1) is 0 Å². The predicted molar refractivity (Wildman–Crippen MR) is 71.6 cm³/mol. The van der Waals surface area contributed by atoms with Crippen molar-refractivity contribution in [3.8, 4) is 0 Å². The number of piperidine rings is 1. The van der Waals surface area contributed by atoms with Crippen LogP contribution in [0.15, 0.2) is 4.99 Å². The Morgan fingerprint density at radius 1 is 1.44 bits per heavy atom. The largest absolute Gasteiger partial charge is 0.383 e. The number of ether oxygens (including phenoxy) is 1. The molecule has 0 bridgehead atoms. The summed E-state index contributed by atoms with van der Waals surface area (Å²) in [6.07, 6.45) is 5.19. The first-order valence-corrected chi connectivity index (χ1v) is 7.08. The Kier molecular flexibility index (Phi) is 3.20. The summed E-state index contributed by atoms with van der Waals surface area (Å²) in [7, 11) is 1.75. The molecule has 0 aromatic rings. The normalized spacial score (nSPS) is 36.2. The Labute approximate surface area is 109 Å². The van der Waals surface area contributed by atoms with E-state index in [-0.39, 0.29) is 5.54 Å². The number of guanidine groups is 1. The van der Waals surface area contributed by atoms with Crippen LogP contribution < -0.4 is 5.73 Å². The van der Waals surface area contributed by atoms with Crippen LogP contribution in [-0.2, 0) is 4.74 Å². The van der Waals surface area contributed by atoms with Crippen LogP contribution in [-0.4, -0.2) is 67.2 Å². The molecular weight excluding hydrogens is 228 g/mol. The lowest BCUT2D eigenvalue weighted by molar-refractivity contribution is 0.0762. The molecular formula is C13H24N4O. The van der Waals surface area contributed by atoms with Gasteiger partial charge in [-0.1, -0.05) is 6.42 Å². The maximum atomic E-state index is 6.10. The number of nitrogens with zero attached hydrogens (tertiary/aromatic N) is 3. The van der Waals surface area contributed by atoms with E-state index in [4.69, 9.17) is 10.5 Å². The van der Waals surface area contributed by atoms with E-state index in [2.05, 4.69) is 14.8 Å². The van der Waals surface area contributed by atoms with Gasteiger partial charge in [-0.05, 0) is 25.8 Å². The molecule has 5 nitrogen and oxygen atoms in total. The van der Waals surface area contributed by atoms with E-state index in [0.29, 0.717) is 6.04 Å². The number of nitrogens with two attached hydrogens (primary N) is 1. The SMILES string of the molecule is COCCN1C(N)=NCC12CCN1CCCCC12. The second kappa shape index (κ2) is 4.70. The van der Waals surface area contributed by atoms with Gasteiger partial charge < -0.3 is 15.4 Å². The minimum absolute atomic E-state index is 0.170. The average molecular weight is 252 g/mol. The van der Waals surface area contributed by atoms with E-state index in [1.807, 2.05) is 0 Å². The molecule has 2 unspecified atom stereocenters. The monoisotopic (exact) mass is 252 g/mol. The van der Waals surface area contributed by atoms with Crippen LogP contribution in [0.1, 0.15) is 25.7 Å². The van der Waals surface area contributed by atoms with Gasteiger partial charge in [0, 0.05) is 26.2 Å². The lowest BCUT2D eigenvalue weighted by atomic mass is 9.84. The fourth-order valence-corrected chi connectivity index (χ4v) is 4.01. The molecule has 0 aliphatic carbocycles. The Morgan fingerprint density at radius 3 is 3.17 bits per heavy atom. The Hall–Kier alpha value is -0.810. The van der Waals surface area contributed by atoms with Crippen LogP contribution in [0.4, 0.5) is 0 Å². The zero-order chi connectivity index (χ0) is 12.6. The summed E-state index contributed by atoms with van der Waals surface area (Å²) in [4.78, 5) is 9.51. The molecule has 0 aromatic carbocycles. The van der Waals surface area contributed by atoms with Crippen molar-refractivity contribution in [2.45, 2.75) is 37.3 Å². The first kappa shape index (κ1) is 12.2. The molecule has 3 aliphatic rings. The van der Waals surface area contributed by atoms with Gasteiger partial charge in [-0.3, -0.25) is 9.89 Å². The molecule has 0 amide bonds. The predicted octanol–water partition coefficient (Wildman–Crippen LogP) is 0.260. The third-order valence-corrected chi connectivity index (χ3v) is 4.91. The van der Waals surface area contributed by atoms with Crippen molar-refractivity contribution in [3.05, 3.63) is 0 Å². The zero-order valence-electron chi connectivity index (χ0n) is 11.3. The van der Waals surface area contributed by atoms with E-state index < -0.39 is 0 Å². The molecule has 5 heteroatoms. The molecule has 0 saturated carbocycles. The van der Waals surface area contributed by atoms with Crippen molar-refractivity contribution in [2.24, 2.45) is 10.7 Å². The van der Waals surface area contributed by atoms with Gasteiger partial charge >= 0.3 is 0 Å². The van der Waals surface area contributed by atoms with Gasteiger partial charge in [-0.2, -0.15) is 0 Å². The summed E-state index contributed by atoms with van der Waals surface area (Å²) in [5.41, 5.74) is 6.27. The van der Waals surface area contributed by atoms with Crippen molar-refractivity contribution in [1.82, 2.24) is 9.80 Å². The Balaban J connectivity index is 1.80. The molecule has 3 aliphatic heterocycles. The highest BCUT2D eigenvalue weighted by Gasteiger charge is 2.54. The van der Waals surface area contributed by atoms with Crippen molar-refractivity contribution in [3.63, 3.8) is 0 Å².